The standard InChI is InChI=1S/C24H23N3O2.HI/c1-16-10-12-19(13-11-16)27-21(28)15-26-14-5-4-9-20(26)23(27)24(29)25-22-17(2)7-6-8-18(22)3;/h4-14,23H,15H2,1-3H3;1H. The maximum atomic E-state index is 13.5. The van der Waals surface area contributed by atoms with Gasteiger partial charge in [-0.1, -0.05) is 42.0 Å². The van der Waals surface area contributed by atoms with Crippen LogP contribution in [0, 0.1) is 20.8 Å². The van der Waals surface area contributed by atoms with Crippen molar-refractivity contribution in [1.82, 2.24) is 0 Å². The number of benzene rings is 2. The Kier molecular flexibility index (Phi) is 6.55. The molecule has 1 aliphatic rings. The number of carbonyl (C=O) groups excluding carboxylic acids is 2. The zero-order valence-electron chi connectivity index (χ0n) is 17.2. The van der Waals surface area contributed by atoms with Crippen LogP contribution in [0.2, 0.25) is 0 Å². The lowest BCUT2D eigenvalue weighted by Gasteiger charge is -2.32. The lowest BCUT2D eigenvalue weighted by Crippen LogP contribution is -3.00. The second kappa shape index (κ2) is 8.95. The third-order valence-corrected chi connectivity index (χ3v) is 5.38. The molecule has 0 saturated carbocycles. The van der Waals surface area contributed by atoms with Crippen molar-refractivity contribution < 1.29 is 38.1 Å². The minimum absolute atomic E-state index is 0. The molecule has 1 N–H and O–H groups in total. The first kappa shape index (κ1) is 22.0. The normalized spacial score (nSPS) is 15.2. The van der Waals surface area contributed by atoms with Crippen molar-refractivity contribution in [2.45, 2.75) is 33.4 Å². The molecular weight excluding hydrogens is 489 g/mol. The molecular formula is C24H24IN3O2. The van der Waals surface area contributed by atoms with Crippen LogP contribution in [0.5, 0.6) is 0 Å². The Morgan fingerprint density at radius 1 is 0.967 bits per heavy atom. The highest BCUT2D eigenvalue weighted by Gasteiger charge is 2.43. The highest BCUT2D eigenvalue weighted by Crippen LogP contribution is 2.31. The van der Waals surface area contributed by atoms with E-state index >= 15 is 0 Å². The van der Waals surface area contributed by atoms with Crippen molar-refractivity contribution in [3.63, 3.8) is 0 Å². The largest absolute Gasteiger partial charge is 1.00 e. The molecule has 0 spiro atoms. The molecule has 0 fully saturated rings. The number of halogens is 1. The van der Waals surface area contributed by atoms with E-state index in [2.05, 4.69) is 5.32 Å². The first-order chi connectivity index (χ1) is 14.0. The van der Waals surface area contributed by atoms with Crippen LogP contribution < -0.4 is 38.8 Å². The van der Waals surface area contributed by atoms with Gasteiger partial charge in [0, 0.05) is 23.5 Å². The summed E-state index contributed by atoms with van der Waals surface area (Å²) in [4.78, 5) is 28.2. The van der Waals surface area contributed by atoms with E-state index in [-0.39, 0.29) is 42.3 Å². The molecule has 2 aromatic carbocycles. The van der Waals surface area contributed by atoms with Crippen LogP contribution in [-0.4, -0.2) is 11.8 Å². The molecule has 1 atom stereocenters. The molecule has 0 aliphatic carbocycles. The number of fused-ring (bicyclic) bond motifs is 1. The zero-order chi connectivity index (χ0) is 20.5. The van der Waals surface area contributed by atoms with Crippen molar-refractivity contribution >= 4 is 23.2 Å². The third kappa shape index (κ3) is 4.09. The molecule has 0 bridgehead atoms. The molecule has 1 unspecified atom stereocenters. The van der Waals surface area contributed by atoms with E-state index in [9.17, 15) is 9.59 Å². The molecule has 3 aromatic rings. The average Bonchev–Trinajstić information content (AvgIpc) is 2.70. The van der Waals surface area contributed by atoms with Gasteiger partial charge in [0.05, 0.1) is 0 Å². The van der Waals surface area contributed by atoms with Crippen LogP contribution in [0.25, 0.3) is 0 Å². The summed E-state index contributed by atoms with van der Waals surface area (Å²) in [7, 11) is 0. The SMILES string of the molecule is Cc1ccc(N2C(=O)C[n+]3ccccc3C2C(=O)Nc2c(C)cccc2C)cc1.[I-]. The Bertz CT molecular complexity index is 1080. The number of rotatable bonds is 3. The third-order valence-electron chi connectivity index (χ3n) is 5.38. The van der Waals surface area contributed by atoms with Gasteiger partial charge in [0.1, 0.15) is 0 Å². The maximum Gasteiger partial charge on any atom is 0.294 e. The smallest absolute Gasteiger partial charge is 0.294 e. The highest BCUT2D eigenvalue weighted by atomic mass is 127. The number of carbonyl (C=O) groups is 2. The van der Waals surface area contributed by atoms with E-state index in [4.69, 9.17) is 0 Å². The van der Waals surface area contributed by atoms with Gasteiger partial charge in [0.2, 0.25) is 18.3 Å². The fourth-order valence-electron chi connectivity index (χ4n) is 3.83. The van der Waals surface area contributed by atoms with E-state index < -0.39 is 6.04 Å². The van der Waals surface area contributed by atoms with Crippen LogP contribution in [0.1, 0.15) is 28.4 Å². The number of anilines is 2. The molecule has 2 amide bonds. The molecule has 6 heteroatoms. The van der Waals surface area contributed by atoms with Gasteiger partial charge in [0.25, 0.3) is 11.8 Å². The van der Waals surface area contributed by atoms with Crippen molar-refractivity contribution in [3.8, 4) is 0 Å². The van der Waals surface area contributed by atoms with Crippen molar-refractivity contribution in [1.29, 1.82) is 0 Å². The summed E-state index contributed by atoms with van der Waals surface area (Å²) in [6.07, 6.45) is 1.85. The second-order valence-electron chi connectivity index (χ2n) is 7.51. The quantitative estimate of drug-likeness (QED) is 0.413. The van der Waals surface area contributed by atoms with Gasteiger partial charge in [-0.2, -0.15) is 4.57 Å². The summed E-state index contributed by atoms with van der Waals surface area (Å²) in [6, 6.07) is 18.5. The molecule has 2 heterocycles. The van der Waals surface area contributed by atoms with Crippen LogP contribution in [0.15, 0.2) is 66.9 Å². The number of aromatic nitrogens is 1. The number of hydrogen-bond acceptors (Lipinski definition) is 2. The number of pyridine rings is 1. The molecule has 1 aromatic heterocycles. The van der Waals surface area contributed by atoms with Gasteiger partial charge in [-0.05, 0) is 44.0 Å². The lowest BCUT2D eigenvalue weighted by atomic mass is 10.0. The van der Waals surface area contributed by atoms with Crippen molar-refractivity contribution in [2.24, 2.45) is 0 Å². The summed E-state index contributed by atoms with van der Waals surface area (Å²) in [5, 5.41) is 3.07. The van der Waals surface area contributed by atoms with Crippen molar-refractivity contribution in [2.75, 3.05) is 10.2 Å². The molecule has 154 valence electrons. The molecule has 30 heavy (non-hydrogen) atoms. The second-order valence-corrected chi connectivity index (χ2v) is 7.51. The van der Waals surface area contributed by atoms with Gasteiger partial charge in [-0.15, -0.1) is 0 Å². The van der Waals surface area contributed by atoms with Crippen LogP contribution in [0.4, 0.5) is 11.4 Å². The average molecular weight is 513 g/mol. The summed E-state index contributed by atoms with van der Waals surface area (Å²) in [6.45, 7) is 6.14. The Morgan fingerprint density at radius 3 is 2.30 bits per heavy atom. The van der Waals surface area contributed by atoms with Crippen LogP contribution in [0.3, 0.4) is 0 Å². The Balaban J connectivity index is 0.00000256. The lowest BCUT2D eigenvalue weighted by molar-refractivity contribution is -0.695. The van der Waals surface area contributed by atoms with E-state index in [1.807, 2.05) is 92.2 Å². The van der Waals surface area contributed by atoms with Crippen LogP contribution >= 0.6 is 0 Å². The first-order valence-electron chi connectivity index (χ1n) is 9.70. The number of para-hydroxylation sites is 1. The predicted molar refractivity (Wildman–Crippen MR) is 113 cm³/mol. The summed E-state index contributed by atoms with van der Waals surface area (Å²) >= 11 is 0. The Labute approximate surface area is 193 Å². The number of nitrogens with one attached hydrogen (secondary N) is 1. The molecule has 0 saturated heterocycles. The Morgan fingerprint density at radius 2 is 1.63 bits per heavy atom. The molecule has 5 nitrogen and oxygen atoms in total. The first-order valence-corrected chi connectivity index (χ1v) is 9.70. The van der Waals surface area contributed by atoms with Crippen molar-refractivity contribution in [3.05, 3.63) is 89.2 Å². The molecule has 1 aliphatic heterocycles. The van der Waals surface area contributed by atoms with Gasteiger partial charge < -0.3 is 29.3 Å². The van der Waals surface area contributed by atoms with Gasteiger partial charge in [-0.3, -0.25) is 14.5 Å². The molecule has 4 rings (SSSR count). The topological polar surface area (TPSA) is 53.3 Å². The number of hydrogen-bond donors (Lipinski definition) is 1. The van der Waals surface area contributed by atoms with E-state index in [1.54, 1.807) is 4.90 Å². The highest BCUT2D eigenvalue weighted by molar-refractivity contribution is 6.05. The minimum Gasteiger partial charge on any atom is -1.00 e. The number of nitrogens with zero attached hydrogens (tertiary/aromatic N) is 2. The fourth-order valence-corrected chi connectivity index (χ4v) is 3.83. The van der Waals surface area contributed by atoms with E-state index in [1.165, 1.54) is 0 Å². The molecule has 0 radical (unpaired) electrons. The summed E-state index contributed by atoms with van der Waals surface area (Å²) in [5.74, 6) is -0.338. The number of aryl methyl sites for hydroxylation is 3. The summed E-state index contributed by atoms with van der Waals surface area (Å²) in [5.41, 5.74) is 5.38. The maximum absolute atomic E-state index is 13.5. The zero-order valence-corrected chi connectivity index (χ0v) is 19.4. The predicted octanol–water partition coefficient (Wildman–Crippen LogP) is 0.630. The van der Waals surface area contributed by atoms with E-state index in [0.717, 1.165) is 33.8 Å². The van der Waals surface area contributed by atoms with Gasteiger partial charge in [0.15, 0.2) is 6.20 Å². The van der Waals surface area contributed by atoms with E-state index in [0.29, 0.717) is 0 Å². The van der Waals surface area contributed by atoms with Gasteiger partial charge in [-0.25, -0.2) is 0 Å². The number of amides is 2. The van der Waals surface area contributed by atoms with Crippen LogP contribution in [-0.2, 0) is 16.1 Å². The Hall–Kier alpha value is -2.74. The summed E-state index contributed by atoms with van der Waals surface area (Å²) < 4.78 is 1.85. The van der Waals surface area contributed by atoms with Gasteiger partial charge >= 0.3 is 0 Å². The monoisotopic (exact) mass is 513 g/mol. The fraction of sp³-hybridized carbons (Fsp3) is 0.208. The minimum atomic E-state index is -0.751.